The lowest BCUT2D eigenvalue weighted by molar-refractivity contribution is 0.112. The van der Waals surface area contributed by atoms with Gasteiger partial charge in [0, 0.05) is 19.2 Å². The third kappa shape index (κ3) is 5.36. The summed E-state index contributed by atoms with van der Waals surface area (Å²) in [6.45, 7) is 5.88. The molecule has 1 saturated heterocycles. The van der Waals surface area contributed by atoms with Gasteiger partial charge in [0.2, 0.25) is 0 Å². The molecular weight excluding hydrogens is 212 g/mol. The molecule has 3 heteroatoms. The lowest BCUT2D eigenvalue weighted by atomic mass is 9.89. The number of unbranched alkanes of at least 4 members (excludes halogenated alkanes) is 3. The summed E-state index contributed by atoms with van der Waals surface area (Å²) in [6, 6.07) is 0.617. The summed E-state index contributed by atoms with van der Waals surface area (Å²) in [5.74, 6) is 0.897. The molecule has 3 nitrogen and oxygen atoms in total. The van der Waals surface area contributed by atoms with Gasteiger partial charge in [-0.2, -0.15) is 0 Å². The van der Waals surface area contributed by atoms with Crippen molar-refractivity contribution in [3.8, 4) is 0 Å². The lowest BCUT2D eigenvalue weighted by Gasteiger charge is -2.38. The first-order valence-electron chi connectivity index (χ1n) is 7.36. The molecule has 2 atom stereocenters. The van der Waals surface area contributed by atoms with Gasteiger partial charge in [-0.1, -0.05) is 26.2 Å². The van der Waals surface area contributed by atoms with Gasteiger partial charge >= 0.3 is 0 Å². The molecule has 0 bridgehead atoms. The van der Waals surface area contributed by atoms with Gasteiger partial charge in [-0.15, -0.1) is 0 Å². The standard InChI is InChI=1S/C14H30N2O/c1-2-13-7-9-16(14(11-13)12-15)8-5-3-4-6-10-17/h13-14,17H,2-12,15H2,1H3. The van der Waals surface area contributed by atoms with Crippen molar-refractivity contribution in [2.24, 2.45) is 11.7 Å². The quantitative estimate of drug-likeness (QED) is 0.640. The molecule has 1 aliphatic rings. The van der Waals surface area contributed by atoms with Crippen molar-refractivity contribution < 1.29 is 5.11 Å². The normalized spacial score (nSPS) is 26.3. The van der Waals surface area contributed by atoms with Crippen LogP contribution in [-0.2, 0) is 0 Å². The van der Waals surface area contributed by atoms with E-state index in [1.54, 1.807) is 0 Å². The van der Waals surface area contributed by atoms with Gasteiger partial charge < -0.3 is 10.8 Å². The Balaban J connectivity index is 2.18. The van der Waals surface area contributed by atoms with Crippen molar-refractivity contribution in [3.63, 3.8) is 0 Å². The fraction of sp³-hybridized carbons (Fsp3) is 1.00. The Morgan fingerprint density at radius 3 is 2.65 bits per heavy atom. The van der Waals surface area contributed by atoms with Gasteiger partial charge in [0.15, 0.2) is 0 Å². The predicted molar refractivity (Wildman–Crippen MR) is 73.0 cm³/mol. The van der Waals surface area contributed by atoms with Crippen LogP contribution in [0, 0.1) is 5.92 Å². The van der Waals surface area contributed by atoms with Crippen LogP contribution in [-0.4, -0.2) is 42.3 Å². The molecule has 0 saturated carbocycles. The fourth-order valence-corrected chi connectivity index (χ4v) is 2.87. The minimum atomic E-state index is 0.341. The molecule has 0 aromatic rings. The Morgan fingerprint density at radius 1 is 1.24 bits per heavy atom. The number of hydrogen-bond acceptors (Lipinski definition) is 3. The Kier molecular flexibility index (Phi) is 7.82. The highest BCUT2D eigenvalue weighted by Crippen LogP contribution is 2.25. The molecule has 0 spiro atoms. The smallest absolute Gasteiger partial charge is 0.0431 e. The third-order valence-electron chi connectivity index (χ3n) is 4.15. The number of likely N-dealkylation sites (tertiary alicyclic amines) is 1. The van der Waals surface area contributed by atoms with E-state index in [2.05, 4.69) is 11.8 Å². The highest BCUT2D eigenvalue weighted by Gasteiger charge is 2.25. The van der Waals surface area contributed by atoms with Crippen molar-refractivity contribution in [1.82, 2.24) is 4.90 Å². The maximum atomic E-state index is 8.72. The Hall–Kier alpha value is -0.120. The van der Waals surface area contributed by atoms with Crippen LogP contribution in [0.15, 0.2) is 0 Å². The number of aliphatic hydroxyl groups is 1. The third-order valence-corrected chi connectivity index (χ3v) is 4.15. The molecule has 1 heterocycles. The van der Waals surface area contributed by atoms with Crippen molar-refractivity contribution in [3.05, 3.63) is 0 Å². The average molecular weight is 242 g/mol. The molecule has 0 aromatic heterocycles. The van der Waals surface area contributed by atoms with Crippen LogP contribution in [0.1, 0.15) is 51.9 Å². The minimum absolute atomic E-state index is 0.341. The summed E-state index contributed by atoms with van der Waals surface area (Å²) in [6.07, 6.45) is 8.57. The van der Waals surface area contributed by atoms with Crippen LogP contribution in [0.25, 0.3) is 0 Å². The summed E-state index contributed by atoms with van der Waals surface area (Å²) in [7, 11) is 0. The number of nitrogens with zero attached hydrogens (tertiary/aromatic N) is 1. The van der Waals surface area contributed by atoms with Gasteiger partial charge in [-0.3, -0.25) is 4.90 Å². The molecule has 0 aromatic carbocycles. The van der Waals surface area contributed by atoms with Crippen molar-refractivity contribution in [2.75, 3.05) is 26.2 Å². The van der Waals surface area contributed by atoms with E-state index in [0.29, 0.717) is 12.6 Å². The molecular formula is C14H30N2O. The van der Waals surface area contributed by atoms with E-state index in [4.69, 9.17) is 10.8 Å². The SMILES string of the molecule is CCC1CCN(CCCCCCO)C(CN)C1. The first kappa shape index (κ1) is 14.9. The molecule has 17 heavy (non-hydrogen) atoms. The Bertz CT molecular complexity index is 187. The monoisotopic (exact) mass is 242 g/mol. The van der Waals surface area contributed by atoms with Gasteiger partial charge in [-0.05, 0) is 44.7 Å². The summed E-state index contributed by atoms with van der Waals surface area (Å²) in [5.41, 5.74) is 5.89. The Labute approximate surface area is 106 Å². The van der Waals surface area contributed by atoms with Crippen LogP contribution in [0.5, 0.6) is 0 Å². The van der Waals surface area contributed by atoms with E-state index in [-0.39, 0.29) is 0 Å². The highest BCUT2D eigenvalue weighted by molar-refractivity contribution is 4.81. The highest BCUT2D eigenvalue weighted by atomic mass is 16.2. The molecule has 1 fully saturated rings. The Morgan fingerprint density at radius 2 is 2.00 bits per heavy atom. The number of rotatable bonds is 8. The number of hydrogen-bond donors (Lipinski definition) is 2. The van der Waals surface area contributed by atoms with E-state index in [9.17, 15) is 0 Å². The second-order valence-corrected chi connectivity index (χ2v) is 5.36. The summed E-state index contributed by atoms with van der Waals surface area (Å²) < 4.78 is 0. The summed E-state index contributed by atoms with van der Waals surface area (Å²) >= 11 is 0. The van der Waals surface area contributed by atoms with E-state index in [0.717, 1.165) is 25.3 Å². The molecule has 0 aliphatic carbocycles. The van der Waals surface area contributed by atoms with Crippen LogP contribution >= 0.6 is 0 Å². The molecule has 3 N–H and O–H groups in total. The van der Waals surface area contributed by atoms with Crippen LogP contribution in [0.2, 0.25) is 0 Å². The van der Waals surface area contributed by atoms with E-state index in [1.165, 1.54) is 45.2 Å². The molecule has 0 amide bonds. The predicted octanol–water partition coefficient (Wildman–Crippen LogP) is 1.99. The minimum Gasteiger partial charge on any atom is -0.396 e. The first-order valence-corrected chi connectivity index (χ1v) is 7.36. The fourth-order valence-electron chi connectivity index (χ4n) is 2.87. The molecule has 1 aliphatic heterocycles. The zero-order valence-electron chi connectivity index (χ0n) is 11.4. The molecule has 1 rings (SSSR count). The number of aliphatic hydroxyl groups excluding tert-OH is 1. The van der Waals surface area contributed by atoms with Crippen LogP contribution in [0.4, 0.5) is 0 Å². The number of nitrogens with two attached hydrogens (primary N) is 1. The zero-order chi connectivity index (χ0) is 12.5. The van der Waals surface area contributed by atoms with E-state index < -0.39 is 0 Å². The molecule has 2 unspecified atom stereocenters. The van der Waals surface area contributed by atoms with Crippen molar-refractivity contribution in [1.29, 1.82) is 0 Å². The van der Waals surface area contributed by atoms with Crippen LogP contribution < -0.4 is 5.73 Å². The zero-order valence-corrected chi connectivity index (χ0v) is 11.4. The second-order valence-electron chi connectivity index (χ2n) is 5.36. The summed E-state index contributed by atoms with van der Waals surface area (Å²) in [5, 5.41) is 8.72. The van der Waals surface area contributed by atoms with Gasteiger partial charge in [0.05, 0.1) is 0 Å². The largest absolute Gasteiger partial charge is 0.396 e. The van der Waals surface area contributed by atoms with Crippen molar-refractivity contribution in [2.45, 2.75) is 57.9 Å². The van der Waals surface area contributed by atoms with Gasteiger partial charge in [0.1, 0.15) is 0 Å². The van der Waals surface area contributed by atoms with Crippen molar-refractivity contribution >= 4 is 0 Å². The maximum absolute atomic E-state index is 8.72. The topological polar surface area (TPSA) is 49.5 Å². The van der Waals surface area contributed by atoms with E-state index in [1.807, 2.05) is 0 Å². The molecule has 0 radical (unpaired) electrons. The van der Waals surface area contributed by atoms with Gasteiger partial charge in [0.25, 0.3) is 0 Å². The van der Waals surface area contributed by atoms with Gasteiger partial charge in [-0.25, -0.2) is 0 Å². The second kappa shape index (κ2) is 8.90. The van der Waals surface area contributed by atoms with Crippen LogP contribution in [0.3, 0.4) is 0 Å². The molecule has 102 valence electrons. The average Bonchev–Trinajstić information content (AvgIpc) is 2.38. The lowest BCUT2D eigenvalue weighted by Crippen LogP contribution is -2.46. The first-order chi connectivity index (χ1) is 8.31. The summed E-state index contributed by atoms with van der Waals surface area (Å²) in [4.78, 5) is 2.59. The maximum Gasteiger partial charge on any atom is 0.0431 e. The van der Waals surface area contributed by atoms with E-state index >= 15 is 0 Å². The number of piperidine rings is 1.